The number of hydrogen-bond donors (Lipinski definition) is 0. The highest BCUT2D eigenvalue weighted by molar-refractivity contribution is 6.29. The Morgan fingerprint density at radius 2 is 1.95 bits per heavy atom. The van der Waals surface area contributed by atoms with Crippen molar-refractivity contribution in [3.63, 3.8) is 0 Å². The normalized spacial score (nSPS) is 15.3. The molecule has 1 saturated carbocycles. The first-order chi connectivity index (χ1) is 10.1. The van der Waals surface area contributed by atoms with Crippen LogP contribution in [-0.2, 0) is 0 Å². The molecule has 0 amide bonds. The average Bonchev–Trinajstić information content (AvgIpc) is 3.01. The summed E-state index contributed by atoms with van der Waals surface area (Å²) in [5, 5.41) is 11.2. The Kier molecular flexibility index (Phi) is 3.84. The van der Waals surface area contributed by atoms with Gasteiger partial charge in [-0.15, -0.1) is 0 Å². The van der Waals surface area contributed by atoms with Gasteiger partial charge in [-0.1, -0.05) is 36.6 Å². The van der Waals surface area contributed by atoms with Gasteiger partial charge in [-0.25, -0.2) is 9.97 Å². The third kappa shape index (κ3) is 3.03. The second kappa shape index (κ2) is 5.77. The molecule has 0 unspecified atom stereocenters. The van der Waals surface area contributed by atoms with Crippen LogP contribution in [-0.4, -0.2) is 14.9 Å². The first-order valence-corrected chi connectivity index (χ1v) is 7.30. The van der Waals surface area contributed by atoms with Crippen LogP contribution in [0.3, 0.4) is 0 Å². The van der Waals surface area contributed by atoms with Crippen molar-refractivity contribution in [3.05, 3.63) is 51.3 Å². The molecule has 0 spiro atoms. The predicted molar refractivity (Wildman–Crippen MR) is 80.3 cm³/mol. The SMILES string of the molecule is O=[N+]([O-])c1cccc(-c2nc(Cl)cc(C3CCCC3)n2)c1. The molecule has 108 valence electrons. The second-order valence-corrected chi connectivity index (χ2v) is 5.62. The summed E-state index contributed by atoms with van der Waals surface area (Å²) in [4.78, 5) is 19.2. The molecule has 1 aromatic heterocycles. The van der Waals surface area contributed by atoms with Crippen molar-refractivity contribution in [2.75, 3.05) is 0 Å². The Labute approximate surface area is 127 Å². The number of hydrogen-bond acceptors (Lipinski definition) is 4. The standard InChI is InChI=1S/C15H14ClN3O2/c16-14-9-13(10-4-1-2-5-10)17-15(18-14)11-6-3-7-12(8-11)19(20)21/h3,6-10H,1-2,4-5H2. The number of aromatic nitrogens is 2. The van der Waals surface area contributed by atoms with Gasteiger partial charge in [0.1, 0.15) is 5.15 Å². The van der Waals surface area contributed by atoms with Crippen molar-refractivity contribution in [1.29, 1.82) is 0 Å². The zero-order chi connectivity index (χ0) is 14.8. The Bertz CT molecular complexity index is 684. The highest BCUT2D eigenvalue weighted by Gasteiger charge is 2.20. The monoisotopic (exact) mass is 303 g/mol. The van der Waals surface area contributed by atoms with Gasteiger partial charge in [0.25, 0.3) is 5.69 Å². The molecule has 1 heterocycles. The van der Waals surface area contributed by atoms with Crippen LogP contribution in [0.5, 0.6) is 0 Å². The fourth-order valence-electron chi connectivity index (χ4n) is 2.75. The molecule has 0 atom stereocenters. The number of nitro benzene ring substituents is 1. The third-order valence-corrected chi connectivity index (χ3v) is 4.00. The number of rotatable bonds is 3. The van der Waals surface area contributed by atoms with Crippen LogP contribution in [0.4, 0.5) is 5.69 Å². The Hall–Kier alpha value is -2.01. The van der Waals surface area contributed by atoms with Gasteiger partial charge >= 0.3 is 0 Å². The van der Waals surface area contributed by atoms with Crippen LogP contribution in [0.25, 0.3) is 11.4 Å². The van der Waals surface area contributed by atoms with E-state index in [-0.39, 0.29) is 5.69 Å². The van der Waals surface area contributed by atoms with E-state index >= 15 is 0 Å². The van der Waals surface area contributed by atoms with E-state index in [4.69, 9.17) is 11.6 Å². The minimum absolute atomic E-state index is 0.0264. The van der Waals surface area contributed by atoms with Gasteiger partial charge in [0.15, 0.2) is 5.82 Å². The smallest absolute Gasteiger partial charge is 0.258 e. The summed E-state index contributed by atoms with van der Waals surface area (Å²) in [5.41, 5.74) is 1.58. The lowest BCUT2D eigenvalue weighted by atomic mass is 10.0. The van der Waals surface area contributed by atoms with Crippen molar-refractivity contribution in [3.8, 4) is 11.4 Å². The highest BCUT2D eigenvalue weighted by Crippen LogP contribution is 2.34. The van der Waals surface area contributed by atoms with Crippen molar-refractivity contribution < 1.29 is 4.92 Å². The number of benzene rings is 1. The van der Waals surface area contributed by atoms with Gasteiger partial charge in [-0.3, -0.25) is 10.1 Å². The maximum Gasteiger partial charge on any atom is 0.270 e. The van der Waals surface area contributed by atoms with Crippen LogP contribution >= 0.6 is 11.6 Å². The molecule has 0 aliphatic heterocycles. The maximum absolute atomic E-state index is 10.9. The lowest BCUT2D eigenvalue weighted by Gasteiger charge is -2.10. The Balaban J connectivity index is 2.01. The van der Waals surface area contributed by atoms with E-state index in [0.717, 1.165) is 18.5 Å². The molecule has 5 nitrogen and oxygen atoms in total. The summed E-state index contributed by atoms with van der Waals surface area (Å²) in [6, 6.07) is 8.12. The minimum atomic E-state index is -0.425. The summed E-state index contributed by atoms with van der Waals surface area (Å²) in [7, 11) is 0. The number of nitrogens with zero attached hydrogens (tertiary/aromatic N) is 3. The summed E-state index contributed by atoms with van der Waals surface area (Å²) in [6.45, 7) is 0. The molecule has 1 aromatic carbocycles. The van der Waals surface area contributed by atoms with Gasteiger partial charge in [0, 0.05) is 29.3 Å². The molecule has 3 rings (SSSR count). The van der Waals surface area contributed by atoms with Gasteiger partial charge < -0.3 is 0 Å². The summed E-state index contributed by atoms with van der Waals surface area (Å²) in [6.07, 6.45) is 4.64. The quantitative estimate of drug-likeness (QED) is 0.480. The molecular formula is C15H14ClN3O2. The van der Waals surface area contributed by atoms with Crippen LogP contribution in [0.2, 0.25) is 5.15 Å². The van der Waals surface area contributed by atoms with Gasteiger partial charge in [-0.2, -0.15) is 0 Å². The van der Waals surface area contributed by atoms with Gasteiger partial charge in [-0.05, 0) is 18.9 Å². The van der Waals surface area contributed by atoms with E-state index in [1.165, 1.54) is 25.0 Å². The average molecular weight is 304 g/mol. The molecule has 1 aliphatic carbocycles. The van der Waals surface area contributed by atoms with Crippen molar-refractivity contribution >= 4 is 17.3 Å². The summed E-state index contributed by atoms with van der Waals surface area (Å²) >= 11 is 6.10. The van der Waals surface area contributed by atoms with E-state index in [9.17, 15) is 10.1 Å². The fourth-order valence-corrected chi connectivity index (χ4v) is 2.95. The fraction of sp³-hybridized carbons (Fsp3) is 0.333. The van der Waals surface area contributed by atoms with Crippen LogP contribution in [0.15, 0.2) is 30.3 Å². The molecule has 1 fully saturated rings. The predicted octanol–water partition coefficient (Wildman–Crippen LogP) is 4.36. The minimum Gasteiger partial charge on any atom is -0.258 e. The zero-order valence-corrected chi connectivity index (χ0v) is 12.1. The summed E-state index contributed by atoms with van der Waals surface area (Å²) < 4.78 is 0. The van der Waals surface area contributed by atoms with Crippen LogP contribution in [0.1, 0.15) is 37.3 Å². The van der Waals surface area contributed by atoms with Crippen molar-refractivity contribution in [2.24, 2.45) is 0 Å². The van der Waals surface area contributed by atoms with E-state index < -0.39 is 4.92 Å². The van der Waals surface area contributed by atoms with Gasteiger partial charge in [0.2, 0.25) is 0 Å². The molecule has 6 heteroatoms. The molecule has 0 radical (unpaired) electrons. The topological polar surface area (TPSA) is 68.9 Å². The highest BCUT2D eigenvalue weighted by atomic mass is 35.5. The second-order valence-electron chi connectivity index (χ2n) is 5.23. The van der Waals surface area contributed by atoms with E-state index in [1.807, 2.05) is 0 Å². The number of non-ortho nitro benzene ring substituents is 1. The molecular weight excluding hydrogens is 290 g/mol. The molecule has 0 N–H and O–H groups in total. The molecule has 21 heavy (non-hydrogen) atoms. The first kappa shape index (κ1) is 13.9. The Morgan fingerprint density at radius 3 is 2.67 bits per heavy atom. The Morgan fingerprint density at radius 1 is 1.19 bits per heavy atom. The lowest BCUT2D eigenvalue weighted by Crippen LogP contribution is -2.00. The maximum atomic E-state index is 10.9. The van der Waals surface area contributed by atoms with Crippen molar-refractivity contribution in [2.45, 2.75) is 31.6 Å². The largest absolute Gasteiger partial charge is 0.270 e. The summed E-state index contributed by atoms with van der Waals surface area (Å²) in [5.74, 6) is 0.871. The van der Waals surface area contributed by atoms with Crippen LogP contribution < -0.4 is 0 Å². The first-order valence-electron chi connectivity index (χ1n) is 6.93. The van der Waals surface area contributed by atoms with Crippen molar-refractivity contribution in [1.82, 2.24) is 9.97 Å². The third-order valence-electron chi connectivity index (χ3n) is 3.80. The van der Waals surface area contributed by atoms with E-state index in [2.05, 4.69) is 9.97 Å². The van der Waals surface area contributed by atoms with E-state index in [1.54, 1.807) is 18.2 Å². The lowest BCUT2D eigenvalue weighted by molar-refractivity contribution is -0.384. The number of halogens is 1. The van der Waals surface area contributed by atoms with Gasteiger partial charge in [0.05, 0.1) is 4.92 Å². The molecule has 2 aromatic rings. The molecule has 0 saturated heterocycles. The zero-order valence-electron chi connectivity index (χ0n) is 11.3. The number of nitro groups is 1. The van der Waals surface area contributed by atoms with E-state index in [0.29, 0.717) is 22.5 Å². The molecule has 1 aliphatic rings. The van der Waals surface area contributed by atoms with Crippen LogP contribution in [0, 0.1) is 10.1 Å². The molecule has 0 bridgehead atoms.